The lowest BCUT2D eigenvalue weighted by Crippen LogP contribution is -2.33. The number of sulfonamides is 1. The minimum Gasteiger partial charge on any atom is -0.260 e. The number of nitrogens with one attached hydrogen (secondary N) is 1. The van der Waals surface area contributed by atoms with Gasteiger partial charge in [-0.2, -0.15) is 0 Å². The molecule has 0 amide bonds. The molecule has 0 aliphatic heterocycles. The summed E-state index contributed by atoms with van der Waals surface area (Å²) in [5.74, 6) is -0.335. The van der Waals surface area contributed by atoms with E-state index in [9.17, 15) is 12.8 Å². The number of rotatable bonds is 5. The van der Waals surface area contributed by atoms with E-state index in [1.165, 1.54) is 0 Å². The van der Waals surface area contributed by atoms with Gasteiger partial charge in [0.1, 0.15) is 10.7 Å². The zero-order valence-electron chi connectivity index (χ0n) is 8.65. The number of pyridine rings is 1. The molecule has 0 fully saturated rings. The van der Waals surface area contributed by atoms with Gasteiger partial charge in [0.05, 0.1) is 6.20 Å². The minimum absolute atomic E-state index is 0.186. The van der Waals surface area contributed by atoms with Crippen molar-refractivity contribution < 1.29 is 12.8 Å². The monoisotopic (exact) mass is 266 g/mol. The van der Waals surface area contributed by atoms with Gasteiger partial charge in [-0.3, -0.25) is 4.98 Å². The summed E-state index contributed by atoms with van der Waals surface area (Å²) in [5, 5.41) is 0. The van der Waals surface area contributed by atoms with E-state index in [2.05, 4.69) is 9.71 Å². The Hall–Kier alpha value is -0.720. The van der Waals surface area contributed by atoms with Crippen molar-refractivity contribution in [1.29, 1.82) is 0 Å². The van der Waals surface area contributed by atoms with Crippen molar-refractivity contribution in [2.24, 2.45) is 0 Å². The van der Waals surface area contributed by atoms with Crippen LogP contribution in [0.15, 0.2) is 23.4 Å². The molecule has 1 aromatic rings. The van der Waals surface area contributed by atoms with Crippen molar-refractivity contribution in [3.63, 3.8) is 0 Å². The van der Waals surface area contributed by atoms with Crippen LogP contribution in [0, 0.1) is 5.82 Å². The van der Waals surface area contributed by atoms with Crippen LogP contribution in [0.3, 0.4) is 0 Å². The number of hydrogen-bond donors (Lipinski definition) is 1. The molecule has 7 heteroatoms. The maximum absolute atomic E-state index is 12.8. The van der Waals surface area contributed by atoms with E-state index < -0.39 is 15.8 Å². The van der Waals surface area contributed by atoms with Crippen LogP contribution >= 0.6 is 11.6 Å². The van der Waals surface area contributed by atoms with Crippen molar-refractivity contribution in [2.75, 3.05) is 5.88 Å². The third-order valence-corrected chi connectivity index (χ3v) is 3.66. The van der Waals surface area contributed by atoms with Gasteiger partial charge in [0.15, 0.2) is 0 Å². The van der Waals surface area contributed by atoms with Crippen LogP contribution in [0.4, 0.5) is 4.39 Å². The molecule has 1 rings (SSSR count). The second kappa shape index (κ2) is 5.56. The Labute approximate surface area is 98.9 Å². The highest BCUT2D eigenvalue weighted by atomic mass is 35.5. The molecule has 0 saturated heterocycles. The van der Waals surface area contributed by atoms with E-state index in [1.807, 2.05) is 0 Å². The second-order valence-corrected chi connectivity index (χ2v) is 5.43. The van der Waals surface area contributed by atoms with Gasteiger partial charge in [0.2, 0.25) is 10.0 Å². The maximum Gasteiger partial charge on any atom is 0.242 e. The minimum atomic E-state index is -3.72. The fraction of sp³-hybridized carbons (Fsp3) is 0.444. The molecule has 0 saturated carbocycles. The largest absolute Gasteiger partial charge is 0.260 e. The van der Waals surface area contributed by atoms with E-state index in [1.54, 1.807) is 6.92 Å². The number of alkyl halides is 1. The topological polar surface area (TPSA) is 59.1 Å². The van der Waals surface area contributed by atoms with Crippen LogP contribution in [-0.4, -0.2) is 25.3 Å². The number of hydrogen-bond acceptors (Lipinski definition) is 3. The molecule has 0 aliphatic carbocycles. The summed E-state index contributed by atoms with van der Waals surface area (Å²) in [5.41, 5.74) is 0. The molecular formula is C9H12ClFN2O2S. The van der Waals surface area contributed by atoms with Crippen LogP contribution < -0.4 is 4.72 Å². The van der Waals surface area contributed by atoms with Crippen LogP contribution in [0.25, 0.3) is 0 Å². The first kappa shape index (κ1) is 13.3. The highest BCUT2D eigenvalue weighted by Gasteiger charge is 2.17. The van der Waals surface area contributed by atoms with Crippen LogP contribution in [0.5, 0.6) is 0 Å². The summed E-state index contributed by atoms with van der Waals surface area (Å²) in [6, 6.07) is 0.619. The lowest BCUT2D eigenvalue weighted by molar-refractivity contribution is 0.553. The lowest BCUT2D eigenvalue weighted by Gasteiger charge is -2.12. The molecule has 1 N–H and O–H groups in total. The zero-order chi connectivity index (χ0) is 12.2. The smallest absolute Gasteiger partial charge is 0.242 e. The summed E-state index contributed by atoms with van der Waals surface area (Å²) in [4.78, 5) is 3.30. The Morgan fingerprint density at radius 1 is 1.56 bits per heavy atom. The summed E-state index contributed by atoms with van der Waals surface area (Å²) < 4.78 is 38.6. The highest BCUT2D eigenvalue weighted by molar-refractivity contribution is 7.89. The maximum atomic E-state index is 12.8. The van der Waals surface area contributed by atoms with Gasteiger partial charge in [0, 0.05) is 18.1 Å². The Morgan fingerprint density at radius 3 is 2.81 bits per heavy atom. The van der Waals surface area contributed by atoms with E-state index in [0.717, 1.165) is 18.5 Å². The molecule has 0 aromatic carbocycles. The summed E-state index contributed by atoms with van der Waals surface area (Å²) in [6.07, 6.45) is 2.55. The Bertz CT molecular complexity index is 453. The van der Waals surface area contributed by atoms with Gasteiger partial charge in [-0.05, 0) is 19.4 Å². The molecule has 1 atom stereocenters. The van der Waals surface area contributed by atoms with Crippen molar-refractivity contribution >= 4 is 21.6 Å². The van der Waals surface area contributed by atoms with Crippen molar-refractivity contribution in [3.8, 4) is 0 Å². The van der Waals surface area contributed by atoms with Gasteiger partial charge in [0.25, 0.3) is 0 Å². The van der Waals surface area contributed by atoms with Crippen molar-refractivity contribution in [3.05, 3.63) is 24.3 Å². The Morgan fingerprint density at radius 2 is 2.25 bits per heavy atom. The molecule has 1 heterocycles. The van der Waals surface area contributed by atoms with Gasteiger partial charge in [-0.15, -0.1) is 11.6 Å². The Kier molecular flexibility index (Phi) is 4.64. The standard InChI is InChI=1S/C9H12ClFN2O2S/c1-7(2-3-10)13-16(14,15)9-4-8(11)5-12-6-9/h4-7,13H,2-3H2,1H3. The van der Waals surface area contributed by atoms with Gasteiger partial charge in [-0.1, -0.05) is 0 Å². The molecule has 0 bridgehead atoms. The number of halogens is 2. The highest BCUT2D eigenvalue weighted by Crippen LogP contribution is 2.09. The van der Waals surface area contributed by atoms with E-state index in [4.69, 9.17) is 11.6 Å². The molecule has 1 aromatic heterocycles. The molecule has 1 unspecified atom stereocenters. The second-order valence-electron chi connectivity index (χ2n) is 3.34. The van der Waals surface area contributed by atoms with Crippen molar-refractivity contribution in [1.82, 2.24) is 9.71 Å². The molecular weight excluding hydrogens is 255 g/mol. The number of aromatic nitrogens is 1. The average Bonchev–Trinajstić information content (AvgIpc) is 2.17. The number of nitrogens with zero attached hydrogens (tertiary/aromatic N) is 1. The summed E-state index contributed by atoms with van der Waals surface area (Å²) >= 11 is 5.49. The van der Waals surface area contributed by atoms with E-state index >= 15 is 0 Å². The van der Waals surface area contributed by atoms with E-state index in [-0.39, 0.29) is 10.9 Å². The third-order valence-electron chi connectivity index (χ3n) is 1.89. The SMILES string of the molecule is CC(CCCl)NS(=O)(=O)c1cncc(F)c1. The quantitative estimate of drug-likeness (QED) is 0.822. The molecule has 4 nitrogen and oxygen atoms in total. The molecule has 0 spiro atoms. The fourth-order valence-electron chi connectivity index (χ4n) is 1.09. The lowest BCUT2D eigenvalue weighted by atomic mass is 10.3. The molecule has 90 valence electrons. The van der Waals surface area contributed by atoms with Gasteiger partial charge >= 0.3 is 0 Å². The van der Waals surface area contributed by atoms with Crippen LogP contribution in [0.2, 0.25) is 0 Å². The van der Waals surface area contributed by atoms with E-state index in [0.29, 0.717) is 12.3 Å². The first-order valence-electron chi connectivity index (χ1n) is 4.64. The fourth-order valence-corrected chi connectivity index (χ4v) is 2.67. The van der Waals surface area contributed by atoms with Crippen LogP contribution in [0.1, 0.15) is 13.3 Å². The predicted molar refractivity (Wildman–Crippen MR) is 59.3 cm³/mol. The van der Waals surface area contributed by atoms with Crippen LogP contribution in [-0.2, 0) is 10.0 Å². The Balaban J connectivity index is 2.86. The molecule has 0 radical (unpaired) electrons. The predicted octanol–water partition coefficient (Wildman–Crippen LogP) is 1.52. The summed E-state index contributed by atoms with van der Waals surface area (Å²) in [6.45, 7) is 1.69. The zero-order valence-corrected chi connectivity index (χ0v) is 10.2. The molecule has 0 aliphatic rings. The van der Waals surface area contributed by atoms with Gasteiger partial charge in [-0.25, -0.2) is 17.5 Å². The average molecular weight is 267 g/mol. The van der Waals surface area contributed by atoms with Gasteiger partial charge < -0.3 is 0 Å². The first-order valence-corrected chi connectivity index (χ1v) is 6.66. The molecule has 16 heavy (non-hydrogen) atoms. The first-order chi connectivity index (χ1) is 7.45. The normalized spacial score (nSPS) is 13.7. The third kappa shape index (κ3) is 3.70. The summed E-state index contributed by atoms with van der Waals surface area (Å²) in [7, 11) is -3.72. The van der Waals surface area contributed by atoms with Crippen molar-refractivity contribution in [2.45, 2.75) is 24.3 Å².